The van der Waals surface area contributed by atoms with Crippen LogP contribution in [0.1, 0.15) is 22.5 Å². The summed E-state index contributed by atoms with van der Waals surface area (Å²) in [6.45, 7) is 2.99. The largest absolute Gasteiger partial charge is 0.351 e. The molecule has 2 N–H and O–H groups in total. The molecule has 1 aliphatic heterocycles. The van der Waals surface area contributed by atoms with Crippen LogP contribution in [0.2, 0.25) is 0 Å². The first-order chi connectivity index (χ1) is 10.8. The number of amides is 1. The van der Waals surface area contributed by atoms with Gasteiger partial charge < -0.3 is 10.6 Å². The Kier molecular flexibility index (Phi) is 3.86. The van der Waals surface area contributed by atoms with Crippen LogP contribution in [0.15, 0.2) is 30.3 Å². The van der Waals surface area contributed by atoms with E-state index in [9.17, 15) is 4.79 Å². The lowest BCUT2D eigenvalue weighted by Crippen LogP contribution is -2.25. The van der Waals surface area contributed by atoms with Gasteiger partial charge in [0.2, 0.25) is 0 Å². The summed E-state index contributed by atoms with van der Waals surface area (Å²) in [6.07, 6.45) is 2.30. The fourth-order valence-electron chi connectivity index (χ4n) is 3.05. The Labute approximate surface area is 137 Å². The zero-order valence-electron chi connectivity index (χ0n) is 12.2. The number of carbonyl (C=O) groups is 1. The van der Waals surface area contributed by atoms with Gasteiger partial charge in [0.1, 0.15) is 0 Å². The summed E-state index contributed by atoms with van der Waals surface area (Å²) >= 11 is 3.38. The number of benzene rings is 1. The lowest BCUT2D eigenvalue weighted by Gasteiger charge is -2.08. The molecule has 3 aromatic rings. The molecule has 4 rings (SSSR count). The molecule has 1 atom stereocenters. The SMILES string of the molecule is O=C(NCCC1CCNC1)c1cc2sc3ccccc3c2s1. The average molecular weight is 330 g/mol. The van der Waals surface area contributed by atoms with Gasteiger partial charge in [0.05, 0.1) is 9.58 Å². The summed E-state index contributed by atoms with van der Waals surface area (Å²) in [6, 6.07) is 10.4. The molecule has 2 aromatic heterocycles. The molecule has 3 heterocycles. The van der Waals surface area contributed by atoms with Crippen molar-refractivity contribution in [2.45, 2.75) is 12.8 Å². The third kappa shape index (κ3) is 2.64. The van der Waals surface area contributed by atoms with E-state index in [0.29, 0.717) is 0 Å². The van der Waals surface area contributed by atoms with Gasteiger partial charge in [0.25, 0.3) is 5.91 Å². The molecule has 1 unspecified atom stereocenters. The molecule has 0 aliphatic carbocycles. The second-order valence-corrected chi connectivity index (χ2v) is 7.94. The Hall–Kier alpha value is -1.43. The Morgan fingerprint density at radius 3 is 3.05 bits per heavy atom. The van der Waals surface area contributed by atoms with Gasteiger partial charge in [-0.3, -0.25) is 4.79 Å². The monoisotopic (exact) mass is 330 g/mol. The van der Waals surface area contributed by atoms with Crippen LogP contribution in [0.5, 0.6) is 0 Å². The van der Waals surface area contributed by atoms with Crippen LogP contribution in [0.3, 0.4) is 0 Å². The minimum Gasteiger partial charge on any atom is -0.351 e. The molecule has 22 heavy (non-hydrogen) atoms. The van der Waals surface area contributed by atoms with E-state index in [0.717, 1.165) is 36.9 Å². The summed E-state index contributed by atoms with van der Waals surface area (Å²) in [5, 5.41) is 7.70. The highest BCUT2D eigenvalue weighted by Crippen LogP contribution is 2.39. The Morgan fingerprint density at radius 2 is 2.18 bits per heavy atom. The third-order valence-electron chi connectivity index (χ3n) is 4.27. The molecule has 3 nitrogen and oxygen atoms in total. The molecule has 1 saturated heterocycles. The van der Waals surface area contributed by atoms with E-state index in [1.54, 1.807) is 22.7 Å². The summed E-state index contributed by atoms with van der Waals surface area (Å²) in [5.41, 5.74) is 0. The smallest absolute Gasteiger partial charge is 0.261 e. The van der Waals surface area contributed by atoms with Crippen molar-refractivity contribution < 1.29 is 4.79 Å². The van der Waals surface area contributed by atoms with Gasteiger partial charge in [0.15, 0.2) is 0 Å². The van der Waals surface area contributed by atoms with Crippen LogP contribution in [0.4, 0.5) is 0 Å². The topological polar surface area (TPSA) is 41.1 Å². The summed E-state index contributed by atoms with van der Waals surface area (Å²) < 4.78 is 3.76. The molecule has 1 aliphatic rings. The van der Waals surface area contributed by atoms with Crippen LogP contribution in [0.25, 0.3) is 19.5 Å². The summed E-state index contributed by atoms with van der Waals surface area (Å²) in [4.78, 5) is 13.1. The number of hydrogen-bond donors (Lipinski definition) is 2. The second-order valence-electron chi connectivity index (χ2n) is 5.81. The molecule has 1 fully saturated rings. The summed E-state index contributed by atoms with van der Waals surface area (Å²) in [5.74, 6) is 0.791. The van der Waals surface area contributed by atoms with Crippen molar-refractivity contribution in [1.29, 1.82) is 0 Å². The zero-order valence-corrected chi connectivity index (χ0v) is 13.9. The van der Waals surface area contributed by atoms with Crippen LogP contribution in [0, 0.1) is 5.92 Å². The summed E-state index contributed by atoms with van der Waals surface area (Å²) in [7, 11) is 0. The quantitative estimate of drug-likeness (QED) is 0.763. The van der Waals surface area contributed by atoms with Crippen molar-refractivity contribution in [2.24, 2.45) is 5.92 Å². The van der Waals surface area contributed by atoms with Gasteiger partial charge >= 0.3 is 0 Å². The molecule has 0 saturated carbocycles. The normalized spacial score (nSPS) is 18.3. The van der Waals surface area contributed by atoms with E-state index in [1.807, 2.05) is 6.07 Å². The van der Waals surface area contributed by atoms with E-state index < -0.39 is 0 Å². The number of nitrogens with one attached hydrogen (secondary N) is 2. The molecule has 5 heteroatoms. The van der Waals surface area contributed by atoms with E-state index in [4.69, 9.17) is 0 Å². The first kappa shape index (κ1) is 14.2. The van der Waals surface area contributed by atoms with Gasteiger partial charge in [0, 0.05) is 21.3 Å². The molecule has 0 radical (unpaired) electrons. The predicted octanol–water partition coefficient (Wildman–Crippen LogP) is 3.85. The van der Waals surface area contributed by atoms with Gasteiger partial charge in [-0.05, 0) is 44.0 Å². The van der Waals surface area contributed by atoms with Crippen LogP contribution < -0.4 is 10.6 Å². The lowest BCUT2D eigenvalue weighted by atomic mass is 10.1. The number of fused-ring (bicyclic) bond motifs is 3. The van der Waals surface area contributed by atoms with Gasteiger partial charge in [-0.15, -0.1) is 22.7 Å². The second kappa shape index (κ2) is 5.99. The molecular weight excluding hydrogens is 312 g/mol. The fourth-order valence-corrected chi connectivity index (χ4v) is 5.49. The van der Waals surface area contributed by atoms with Crippen molar-refractivity contribution in [1.82, 2.24) is 10.6 Å². The molecule has 114 valence electrons. The van der Waals surface area contributed by atoms with E-state index in [1.165, 1.54) is 25.9 Å². The fraction of sp³-hybridized carbons (Fsp3) is 0.353. The maximum absolute atomic E-state index is 12.3. The highest BCUT2D eigenvalue weighted by molar-refractivity contribution is 7.33. The van der Waals surface area contributed by atoms with Crippen LogP contribution >= 0.6 is 22.7 Å². The lowest BCUT2D eigenvalue weighted by molar-refractivity contribution is 0.0956. The minimum atomic E-state index is 0.0726. The van der Waals surface area contributed by atoms with Crippen molar-refractivity contribution >= 4 is 48.1 Å². The zero-order chi connectivity index (χ0) is 14.9. The molecular formula is C17H18N2OS2. The van der Waals surface area contributed by atoms with E-state index >= 15 is 0 Å². The number of thiophene rings is 2. The highest BCUT2D eigenvalue weighted by atomic mass is 32.1. The average Bonchev–Trinajstić information content (AvgIpc) is 3.22. The third-order valence-corrected chi connectivity index (χ3v) is 6.69. The Bertz CT molecular complexity index is 814. The maximum atomic E-state index is 12.3. The van der Waals surface area contributed by atoms with Crippen molar-refractivity contribution in [2.75, 3.05) is 19.6 Å². The van der Waals surface area contributed by atoms with Gasteiger partial charge in [-0.1, -0.05) is 18.2 Å². The number of hydrogen-bond acceptors (Lipinski definition) is 4. The molecule has 1 aromatic carbocycles. The van der Waals surface area contributed by atoms with Crippen molar-refractivity contribution in [3.05, 3.63) is 35.2 Å². The molecule has 1 amide bonds. The standard InChI is InChI=1S/C17H18N2OS2/c20-17(19-8-6-11-5-7-18-10-11)15-9-14-16(22-15)12-3-1-2-4-13(12)21-14/h1-4,9,11,18H,5-8,10H2,(H,19,20). The van der Waals surface area contributed by atoms with E-state index in [2.05, 4.69) is 34.9 Å². The van der Waals surface area contributed by atoms with Crippen molar-refractivity contribution in [3.63, 3.8) is 0 Å². The molecule has 0 bridgehead atoms. The van der Waals surface area contributed by atoms with Gasteiger partial charge in [-0.25, -0.2) is 0 Å². The first-order valence-corrected chi connectivity index (χ1v) is 9.34. The predicted molar refractivity (Wildman–Crippen MR) is 95.1 cm³/mol. The first-order valence-electron chi connectivity index (χ1n) is 7.71. The Morgan fingerprint density at radius 1 is 1.27 bits per heavy atom. The number of rotatable bonds is 4. The van der Waals surface area contributed by atoms with Gasteiger partial charge in [-0.2, -0.15) is 0 Å². The minimum absolute atomic E-state index is 0.0726. The highest BCUT2D eigenvalue weighted by Gasteiger charge is 2.16. The number of carbonyl (C=O) groups excluding carboxylic acids is 1. The van der Waals surface area contributed by atoms with E-state index in [-0.39, 0.29) is 5.91 Å². The Balaban J connectivity index is 1.47. The molecule has 0 spiro atoms. The maximum Gasteiger partial charge on any atom is 0.261 e. The van der Waals surface area contributed by atoms with Crippen LogP contribution in [-0.4, -0.2) is 25.5 Å². The van der Waals surface area contributed by atoms with Crippen LogP contribution in [-0.2, 0) is 0 Å². The van der Waals surface area contributed by atoms with Crippen molar-refractivity contribution in [3.8, 4) is 0 Å².